The first-order valence-electron chi connectivity index (χ1n) is 7.85. The van der Waals surface area contributed by atoms with Crippen LogP contribution < -0.4 is 10.6 Å². The van der Waals surface area contributed by atoms with E-state index in [0.717, 1.165) is 28.9 Å². The van der Waals surface area contributed by atoms with E-state index in [-0.39, 0.29) is 5.56 Å². The molecular formula is C19H16F2N4O. The number of aryl methyl sites for hydroxylation is 2. The highest BCUT2D eigenvalue weighted by molar-refractivity contribution is 6.04. The summed E-state index contributed by atoms with van der Waals surface area (Å²) in [4.78, 5) is 20.3. The number of benzene rings is 2. The molecule has 0 spiro atoms. The molecule has 0 fully saturated rings. The third-order valence-corrected chi connectivity index (χ3v) is 3.59. The van der Waals surface area contributed by atoms with Crippen LogP contribution in [0, 0.1) is 25.5 Å². The van der Waals surface area contributed by atoms with E-state index in [9.17, 15) is 13.6 Å². The molecule has 0 atom stereocenters. The second-order valence-electron chi connectivity index (χ2n) is 5.85. The number of aromatic nitrogens is 2. The van der Waals surface area contributed by atoms with Gasteiger partial charge in [0.15, 0.2) is 0 Å². The molecule has 0 unspecified atom stereocenters. The Morgan fingerprint density at radius 2 is 1.54 bits per heavy atom. The van der Waals surface area contributed by atoms with E-state index in [1.807, 2.05) is 32.0 Å². The van der Waals surface area contributed by atoms with E-state index in [2.05, 4.69) is 20.6 Å². The number of para-hydroxylation sites is 1. The lowest BCUT2D eigenvalue weighted by atomic mass is 10.1. The van der Waals surface area contributed by atoms with E-state index in [1.54, 1.807) is 0 Å². The van der Waals surface area contributed by atoms with Crippen LogP contribution in [0.15, 0.2) is 48.8 Å². The lowest BCUT2D eigenvalue weighted by molar-refractivity contribution is 0.102. The van der Waals surface area contributed by atoms with E-state index in [1.165, 1.54) is 18.5 Å². The molecule has 132 valence electrons. The first-order chi connectivity index (χ1) is 12.4. The number of hydrogen-bond donors (Lipinski definition) is 2. The first kappa shape index (κ1) is 17.5. The maximum absolute atomic E-state index is 13.6. The average Bonchev–Trinajstić information content (AvgIpc) is 2.58. The third-order valence-electron chi connectivity index (χ3n) is 3.59. The summed E-state index contributed by atoms with van der Waals surface area (Å²) in [5, 5.41) is 5.24. The minimum atomic E-state index is -0.854. The molecule has 5 nitrogen and oxygen atoms in total. The molecule has 0 bridgehead atoms. The number of anilines is 3. The van der Waals surface area contributed by atoms with Gasteiger partial charge in [-0.15, -0.1) is 0 Å². The Bertz CT molecular complexity index is 918. The van der Waals surface area contributed by atoms with Gasteiger partial charge in [-0.2, -0.15) is 0 Å². The van der Waals surface area contributed by atoms with E-state index in [0.29, 0.717) is 5.95 Å². The molecule has 26 heavy (non-hydrogen) atoms. The second kappa shape index (κ2) is 7.26. The van der Waals surface area contributed by atoms with Gasteiger partial charge < -0.3 is 10.6 Å². The maximum Gasteiger partial charge on any atom is 0.258 e. The van der Waals surface area contributed by atoms with Crippen LogP contribution in [0.5, 0.6) is 0 Å². The van der Waals surface area contributed by atoms with Gasteiger partial charge in [0.1, 0.15) is 17.3 Å². The van der Waals surface area contributed by atoms with Crippen LogP contribution in [-0.2, 0) is 0 Å². The SMILES string of the molecule is Cc1cc(C)cc(Nc2ncc(C(=O)Nc3c(F)cccc3F)cn2)c1. The van der Waals surface area contributed by atoms with Crippen LogP contribution in [0.2, 0.25) is 0 Å². The molecule has 1 heterocycles. The van der Waals surface area contributed by atoms with E-state index < -0.39 is 23.2 Å². The lowest BCUT2D eigenvalue weighted by Crippen LogP contribution is -2.15. The van der Waals surface area contributed by atoms with Gasteiger partial charge in [0.2, 0.25) is 5.95 Å². The van der Waals surface area contributed by atoms with Crippen LogP contribution in [0.4, 0.5) is 26.1 Å². The van der Waals surface area contributed by atoms with Crippen molar-refractivity contribution in [1.29, 1.82) is 0 Å². The van der Waals surface area contributed by atoms with Crippen molar-refractivity contribution in [3.8, 4) is 0 Å². The van der Waals surface area contributed by atoms with Crippen molar-refractivity contribution in [2.75, 3.05) is 10.6 Å². The number of halogens is 2. The molecule has 0 saturated heterocycles. The third kappa shape index (κ3) is 4.00. The van der Waals surface area contributed by atoms with Crippen molar-refractivity contribution in [3.63, 3.8) is 0 Å². The zero-order valence-corrected chi connectivity index (χ0v) is 14.2. The van der Waals surface area contributed by atoms with Crippen LogP contribution in [0.25, 0.3) is 0 Å². The predicted octanol–water partition coefficient (Wildman–Crippen LogP) is 4.37. The summed E-state index contributed by atoms with van der Waals surface area (Å²) in [7, 11) is 0. The zero-order valence-electron chi connectivity index (χ0n) is 14.2. The lowest BCUT2D eigenvalue weighted by Gasteiger charge is -2.09. The first-order valence-corrected chi connectivity index (χ1v) is 7.85. The summed E-state index contributed by atoms with van der Waals surface area (Å²) < 4.78 is 27.2. The molecule has 0 radical (unpaired) electrons. The van der Waals surface area contributed by atoms with E-state index in [4.69, 9.17) is 0 Å². The molecular weight excluding hydrogens is 338 g/mol. The number of nitrogens with zero attached hydrogens (tertiary/aromatic N) is 2. The van der Waals surface area contributed by atoms with Gasteiger partial charge in [-0.05, 0) is 49.2 Å². The number of carbonyl (C=O) groups is 1. The molecule has 2 aromatic carbocycles. The van der Waals surface area contributed by atoms with Crippen molar-refractivity contribution < 1.29 is 13.6 Å². The number of hydrogen-bond acceptors (Lipinski definition) is 4. The summed E-state index contributed by atoms with van der Waals surface area (Å²) >= 11 is 0. The summed E-state index contributed by atoms with van der Waals surface area (Å²) in [6, 6.07) is 9.27. The Balaban J connectivity index is 1.73. The number of carbonyl (C=O) groups excluding carboxylic acids is 1. The number of nitrogens with one attached hydrogen (secondary N) is 2. The van der Waals surface area contributed by atoms with Gasteiger partial charge >= 0.3 is 0 Å². The summed E-state index contributed by atoms with van der Waals surface area (Å²) in [5.74, 6) is -2.10. The molecule has 1 amide bonds. The highest BCUT2D eigenvalue weighted by Gasteiger charge is 2.14. The standard InChI is InChI=1S/C19H16F2N4O/c1-11-6-12(2)8-14(7-11)24-19-22-9-13(10-23-19)18(26)25-17-15(20)4-3-5-16(17)21/h3-10H,1-2H3,(H,25,26)(H,22,23,24). The Kier molecular flexibility index (Phi) is 4.88. The summed E-state index contributed by atoms with van der Waals surface area (Å²) in [5.41, 5.74) is 2.59. The molecule has 0 aliphatic carbocycles. The van der Waals surface area contributed by atoms with Gasteiger partial charge in [0.25, 0.3) is 5.91 Å². The predicted molar refractivity (Wildman–Crippen MR) is 95.5 cm³/mol. The van der Waals surface area contributed by atoms with Gasteiger partial charge in [-0.1, -0.05) is 12.1 Å². The molecule has 0 saturated carbocycles. The quantitative estimate of drug-likeness (QED) is 0.730. The second-order valence-corrected chi connectivity index (χ2v) is 5.85. The topological polar surface area (TPSA) is 66.9 Å². The molecule has 2 N–H and O–H groups in total. The maximum atomic E-state index is 13.6. The molecule has 1 aromatic heterocycles. The highest BCUT2D eigenvalue weighted by Crippen LogP contribution is 2.20. The Morgan fingerprint density at radius 3 is 2.12 bits per heavy atom. The molecule has 7 heteroatoms. The van der Waals surface area contributed by atoms with Crippen LogP contribution in [0.1, 0.15) is 21.5 Å². The minimum absolute atomic E-state index is 0.0821. The van der Waals surface area contributed by atoms with Gasteiger partial charge in [-0.25, -0.2) is 18.7 Å². The molecule has 3 aromatic rings. The van der Waals surface area contributed by atoms with Crippen molar-refractivity contribution >= 4 is 23.2 Å². The zero-order chi connectivity index (χ0) is 18.7. The van der Waals surface area contributed by atoms with Crippen molar-refractivity contribution in [2.24, 2.45) is 0 Å². The van der Waals surface area contributed by atoms with Crippen molar-refractivity contribution in [3.05, 3.63) is 77.1 Å². The van der Waals surface area contributed by atoms with Gasteiger partial charge in [-0.3, -0.25) is 4.79 Å². The average molecular weight is 354 g/mol. The fourth-order valence-electron chi connectivity index (χ4n) is 2.49. The smallest absolute Gasteiger partial charge is 0.258 e. The van der Waals surface area contributed by atoms with Crippen LogP contribution >= 0.6 is 0 Å². The Hall–Kier alpha value is -3.35. The van der Waals surface area contributed by atoms with Crippen LogP contribution in [-0.4, -0.2) is 15.9 Å². The Morgan fingerprint density at radius 1 is 0.962 bits per heavy atom. The van der Waals surface area contributed by atoms with Crippen molar-refractivity contribution in [2.45, 2.75) is 13.8 Å². The molecule has 0 aliphatic rings. The number of amides is 1. The summed E-state index contributed by atoms with van der Waals surface area (Å²) in [6.45, 7) is 3.96. The minimum Gasteiger partial charge on any atom is -0.324 e. The number of rotatable bonds is 4. The largest absolute Gasteiger partial charge is 0.324 e. The fraction of sp³-hybridized carbons (Fsp3) is 0.105. The van der Waals surface area contributed by atoms with Crippen molar-refractivity contribution in [1.82, 2.24) is 9.97 Å². The summed E-state index contributed by atoms with van der Waals surface area (Å²) in [6.07, 6.45) is 2.57. The van der Waals surface area contributed by atoms with Crippen LogP contribution in [0.3, 0.4) is 0 Å². The molecule has 0 aliphatic heterocycles. The van der Waals surface area contributed by atoms with E-state index >= 15 is 0 Å². The highest BCUT2D eigenvalue weighted by atomic mass is 19.1. The fourth-order valence-corrected chi connectivity index (χ4v) is 2.49. The molecule has 3 rings (SSSR count). The normalized spacial score (nSPS) is 10.5. The Labute approximate surface area is 149 Å². The van der Waals surface area contributed by atoms with Gasteiger partial charge in [0.05, 0.1) is 5.56 Å². The van der Waals surface area contributed by atoms with Gasteiger partial charge in [0, 0.05) is 18.1 Å². The monoisotopic (exact) mass is 354 g/mol.